The average Bonchev–Trinajstić information content (AvgIpc) is 3.36. The topological polar surface area (TPSA) is 4.93 Å². The second-order valence-electron chi connectivity index (χ2n) is 10.5. The summed E-state index contributed by atoms with van der Waals surface area (Å²) in [6.45, 7) is 0. The van der Waals surface area contributed by atoms with Gasteiger partial charge in [0, 0.05) is 31.6 Å². The normalized spacial score (nSPS) is 12.4. The Morgan fingerprint density at radius 2 is 1.18 bits per heavy atom. The molecule has 0 radical (unpaired) electrons. The highest BCUT2D eigenvalue weighted by Crippen LogP contribution is 2.49. The summed E-state index contributed by atoms with van der Waals surface area (Å²) in [5.41, 5.74) is 8.83. The van der Waals surface area contributed by atoms with Crippen molar-refractivity contribution in [2.24, 2.45) is 0 Å². The van der Waals surface area contributed by atoms with Gasteiger partial charge in [0.05, 0.1) is 11.0 Å². The van der Waals surface area contributed by atoms with Crippen LogP contribution in [0.15, 0.2) is 149 Å². The predicted molar refractivity (Wildman–Crippen MR) is 171 cm³/mol. The van der Waals surface area contributed by atoms with E-state index in [0.29, 0.717) is 0 Å². The van der Waals surface area contributed by atoms with Crippen LogP contribution in [0.5, 0.6) is 0 Å². The van der Waals surface area contributed by atoms with Gasteiger partial charge in [-0.05, 0) is 80.9 Å². The van der Waals surface area contributed by atoms with Crippen molar-refractivity contribution in [3.8, 4) is 27.9 Å². The van der Waals surface area contributed by atoms with E-state index in [1.807, 2.05) is 11.8 Å². The smallest absolute Gasteiger partial charge is 0.0547 e. The van der Waals surface area contributed by atoms with Gasteiger partial charge in [-0.3, -0.25) is 0 Å². The van der Waals surface area contributed by atoms with Crippen molar-refractivity contribution in [3.63, 3.8) is 0 Å². The van der Waals surface area contributed by atoms with Crippen LogP contribution < -0.4 is 0 Å². The summed E-state index contributed by atoms with van der Waals surface area (Å²) in [6.07, 6.45) is 0. The van der Waals surface area contributed by atoms with E-state index in [1.165, 1.54) is 81.1 Å². The molecular formula is C38H23NS. The molecule has 0 saturated heterocycles. The standard InChI is InChI=1S/C38H23NS/c1-2-12-27(13-3-1)39-32-17-5-4-14-30(32)38-33(39)21-19-25-10-6-15-28(37(25)38)26-20-22-34-31(23-26)29-16-7-9-24-11-8-18-35(40-34)36(24)29/h1-23H. The Bertz CT molecular complexity index is 2290. The fourth-order valence-corrected chi connectivity index (χ4v) is 7.79. The molecule has 8 aromatic rings. The molecule has 9 rings (SSSR count). The van der Waals surface area contributed by atoms with Crippen LogP contribution in [0.3, 0.4) is 0 Å². The molecule has 2 heteroatoms. The fraction of sp³-hybridized carbons (Fsp3) is 0. The van der Waals surface area contributed by atoms with E-state index < -0.39 is 0 Å². The Morgan fingerprint density at radius 3 is 2.05 bits per heavy atom. The van der Waals surface area contributed by atoms with E-state index in [0.717, 1.165) is 0 Å². The van der Waals surface area contributed by atoms with E-state index in [9.17, 15) is 0 Å². The molecule has 186 valence electrons. The number of aromatic nitrogens is 1. The molecule has 1 aliphatic heterocycles. The number of nitrogens with zero attached hydrogens (tertiary/aromatic N) is 1. The van der Waals surface area contributed by atoms with Gasteiger partial charge in [-0.15, -0.1) is 0 Å². The highest BCUT2D eigenvalue weighted by atomic mass is 32.2. The molecule has 1 nitrogen and oxygen atoms in total. The summed E-state index contributed by atoms with van der Waals surface area (Å²) < 4.78 is 2.40. The lowest BCUT2D eigenvalue weighted by Gasteiger charge is -2.21. The second kappa shape index (κ2) is 8.35. The number of fused-ring (bicyclic) bond motifs is 7. The van der Waals surface area contributed by atoms with Crippen molar-refractivity contribution in [2.45, 2.75) is 9.79 Å². The average molecular weight is 526 g/mol. The van der Waals surface area contributed by atoms with Gasteiger partial charge in [-0.1, -0.05) is 109 Å². The lowest BCUT2D eigenvalue weighted by Crippen LogP contribution is -1.94. The van der Waals surface area contributed by atoms with Gasteiger partial charge < -0.3 is 4.57 Å². The summed E-state index contributed by atoms with van der Waals surface area (Å²) in [5.74, 6) is 0. The molecule has 1 aliphatic rings. The SMILES string of the molecule is c1ccc(-n2c3ccccc3c3c4c(-c5ccc6c(c5)-c5cccc7cccc(c57)S6)cccc4ccc32)cc1. The molecule has 1 aromatic heterocycles. The minimum Gasteiger partial charge on any atom is -0.309 e. The zero-order valence-electron chi connectivity index (χ0n) is 21.6. The van der Waals surface area contributed by atoms with Gasteiger partial charge in [-0.2, -0.15) is 0 Å². The Kier molecular flexibility index (Phi) is 4.61. The van der Waals surface area contributed by atoms with Crippen LogP contribution in [0, 0.1) is 0 Å². The van der Waals surface area contributed by atoms with Crippen LogP contribution in [0.2, 0.25) is 0 Å². The number of para-hydroxylation sites is 2. The third-order valence-electron chi connectivity index (χ3n) is 8.36. The van der Waals surface area contributed by atoms with E-state index in [-0.39, 0.29) is 0 Å². The minimum absolute atomic E-state index is 1.18. The first-order valence-corrected chi connectivity index (χ1v) is 14.5. The summed E-state index contributed by atoms with van der Waals surface area (Å²) in [5, 5.41) is 7.84. The maximum absolute atomic E-state index is 2.41. The Morgan fingerprint density at radius 1 is 0.425 bits per heavy atom. The van der Waals surface area contributed by atoms with E-state index >= 15 is 0 Å². The van der Waals surface area contributed by atoms with Gasteiger partial charge in [0.25, 0.3) is 0 Å². The van der Waals surface area contributed by atoms with Crippen LogP contribution in [0.25, 0.3) is 71.3 Å². The van der Waals surface area contributed by atoms with Crippen LogP contribution in [0.4, 0.5) is 0 Å². The maximum Gasteiger partial charge on any atom is 0.0547 e. The predicted octanol–water partition coefficient (Wildman–Crippen LogP) is 10.9. The maximum atomic E-state index is 2.41. The highest BCUT2D eigenvalue weighted by molar-refractivity contribution is 7.99. The van der Waals surface area contributed by atoms with Gasteiger partial charge in [-0.25, -0.2) is 0 Å². The van der Waals surface area contributed by atoms with E-state index in [4.69, 9.17) is 0 Å². The summed E-state index contributed by atoms with van der Waals surface area (Å²) >= 11 is 1.88. The fourth-order valence-electron chi connectivity index (χ4n) is 6.66. The molecule has 0 bridgehead atoms. The van der Waals surface area contributed by atoms with Crippen LogP contribution in [0.1, 0.15) is 0 Å². The third kappa shape index (κ3) is 3.05. The summed E-state index contributed by atoms with van der Waals surface area (Å²) in [7, 11) is 0. The van der Waals surface area contributed by atoms with Crippen molar-refractivity contribution >= 4 is 55.1 Å². The lowest BCUT2D eigenvalue weighted by atomic mass is 9.91. The number of hydrogen-bond donors (Lipinski definition) is 0. The van der Waals surface area contributed by atoms with Gasteiger partial charge in [0.2, 0.25) is 0 Å². The molecule has 0 N–H and O–H groups in total. The largest absolute Gasteiger partial charge is 0.309 e. The molecular weight excluding hydrogens is 502 g/mol. The Hall–Kier alpha value is -4.79. The first-order chi connectivity index (χ1) is 19.8. The highest BCUT2D eigenvalue weighted by Gasteiger charge is 2.21. The molecule has 0 atom stereocenters. The zero-order valence-corrected chi connectivity index (χ0v) is 22.5. The zero-order chi connectivity index (χ0) is 26.2. The minimum atomic E-state index is 1.18. The molecule has 0 saturated carbocycles. The van der Waals surface area contributed by atoms with Gasteiger partial charge >= 0.3 is 0 Å². The van der Waals surface area contributed by atoms with Crippen molar-refractivity contribution < 1.29 is 0 Å². The molecule has 0 fully saturated rings. The van der Waals surface area contributed by atoms with Crippen molar-refractivity contribution in [3.05, 3.63) is 140 Å². The Balaban J connectivity index is 1.36. The van der Waals surface area contributed by atoms with Crippen molar-refractivity contribution in [1.82, 2.24) is 4.57 Å². The van der Waals surface area contributed by atoms with Crippen LogP contribution in [-0.4, -0.2) is 4.57 Å². The number of benzene rings is 7. The first-order valence-electron chi connectivity index (χ1n) is 13.7. The first kappa shape index (κ1) is 22.1. The second-order valence-corrected chi connectivity index (χ2v) is 11.6. The molecule has 2 heterocycles. The van der Waals surface area contributed by atoms with Crippen LogP contribution >= 0.6 is 11.8 Å². The van der Waals surface area contributed by atoms with Crippen LogP contribution in [-0.2, 0) is 0 Å². The van der Waals surface area contributed by atoms with Gasteiger partial charge in [0.1, 0.15) is 0 Å². The molecule has 0 amide bonds. The quantitative estimate of drug-likeness (QED) is 0.217. The summed E-state index contributed by atoms with van der Waals surface area (Å²) in [6, 6.07) is 51.2. The molecule has 0 spiro atoms. The Labute approximate surface area is 236 Å². The molecule has 40 heavy (non-hydrogen) atoms. The van der Waals surface area contributed by atoms with Gasteiger partial charge in [0.15, 0.2) is 0 Å². The molecule has 0 unspecified atom stereocenters. The van der Waals surface area contributed by atoms with E-state index in [2.05, 4.69) is 144 Å². The lowest BCUT2D eigenvalue weighted by molar-refractivity contribution is 1.18. The van der Waals surface area contributed by atoms with Crippen molar-refractivity contribution in [1.29, 1.82) is 0 Å². The third-order valence-corrected chi connectivity index (χ3v) is 9.50. The van der Waals surface area contributed by atoms with Crippen molar-refractivity contribution in [2.75, 3.05) is 0 Å². The summed E-state index contributed by atoms with van der Waals surface area (Å²) in [4.78, 5) is 2.66. The molecule has 0 aliphatic carbocycles. The monoisotopic (exact) mass is 525 g/mol. The molecule has 7 aromatic carbocycles. The number of hydrogen-bond acceptors (Lipinski definition) is 1. The van der Waals surface area contributed by atoms with E-state index in [1.54, 1.807) is 0 Å². The number of rotatable bonds is 2.